The molecule has 2 rings (SSSR count). The molecule has 2 bridgehead atoms. The Morgan fingerprint density at radius 3 is 2.71 bits per heavy atom. The summed E-state index contributed by atoms with van der Waals surface area (Å²) in [5.41, 5.74) is 4.79. The zero-order valence-electron chi connectivity index (χ0n) is 12.9. The molecule has 0 aromatic heterocycles. The maximum atomic E-state index is 13.1. The van der Waals surface area contributed by atoms with E-state index >= 15 is 0 Å². The number of amides is 3. The smallest absolute Gasteiger partial charge is 0.544 e. The topological polar surface area (TPSA) is 142 Å². The summed E-state index contributed by atoms with van der Waals surface area (Å²) in [5.74, 6) is -2.09. The molecule has 130 valence electrons. The summed E-state index contributed by atoms with van der Waals surface area (Å²) < 4.78 is 29.8. The van der Waals surface area contributed by atoms with Gasteiger partial charge in [0, 0.05) is 17.3 Å². The molecule has 0 spiro atoms. The number of primary amides is 1. The van der Waals surface area contributed by atoms with Crippen LogP contribution in [0.2, 0.25) is 0 Å². The molecule has 0 radical (unpaired) electrons. The normalized spacial score (nSPS) is 25.0. The summed E-state index contributed by atoms with van der Waals surface area (Å²) in [6.07, 6.45) is -3.01. The molecule has 13 heteroatoms. The van der Waals surface area contributed by atoms with Gasteiger partial charge in [0.15, 0.2) is 0 Å². The van der Waals surface area contributed by atoms with Crippen molar-refractivity contribution < 1.29 is 67.2 Å². The summed E-state index contributed by atoms with van der Waals surface area (Å²) in [6.45, 7) is -0.00691. The van der Waals surface area contributed by atoms with Gasteiger partial charge < -0.3 is 25.3 Å². The number of hydroxylamine groups is 2. The van der Waals surface area contributed by atoms with Crippen molar-refractivity contribution in [1.29, 1.82) is 0 Å². The second kappa shape index (κ2) is 8.94. The van der Waals surface area contributed by atoms with E-state index in [9.17, 15) is 28.1 Å². The number of ether oxygens (including phenoxy) is 1. The summed E-state index contributed by atoms with van der Waals surface area (Å²) in [4.78, 5) is 38.7. The van der Waals surface area contributed by atoms with Gasteiger partial charge in [0.1, 0.15) is 18.0 Å². The molecular weight excluding hydrogens is 360 g/mol. The largest absolute Gasteiger partial charge is 1.00 e. The summed E-state index contributed by atoms with van der Waals surface area (Å²) in [5, 5.41) is 10.4. The van der Waals surface area contributed by atoms with Crippen LogP contribution in [0.1, 0.15) is 12.8 Å². The minimum absolute atomic E-state index is 0. The summed E-state index contributed by atoms with van der Waals surface area (Å²) in [6, 6.07) is -1.28. The predicted octanol–water partition coefficient (Wildman–Crippen LogP) is -4.96. The number of nitrogens with two attached hydrogens (primary N) is 1. The zero-order valence-corrected chi connectivity index (χ0v) is 15.7. The van der Waals surface area contributed by atoms with Crippen molar-refractivity contribution in [2.75, 3.05) is 18.9 Å². The minimum Gasteiger partial charge on any atom is -0.544 e. The third-order valence-electron chi connectivity index (χ3n) is 3.49. The van der Waals surface area contributed by atoms with Gasteiger partial charge in [-0.15, -0.1) is 0 Å². The first-order chi connectivity index (χ1) is 10.8. The monoisotopic (exact) mass is 375 g/mol. The van der Waals surface area contributed by atoms with E-state index in [0.29, 0.717) is 17.9 Å². The molecule has 24 heavy (non-hydrogen) atoms. The van der Waals surface area contributed by atoms with E-state index < -0.39 is 46.7 Å². The molecule has 10 nitrogen and oxygen atoms in total. The molecule has 2 fully saturated rings. The fraction of sp³-hybridized carbons (Fsp3) is 0.727. The number of aliphatic carboxylic acids is 1. The van der Waals surface area contributed by atoms with Crippen molar-refractivity contribution >= 4 is 28.9 Å². The van der Waals surface area contributed by atoms with Crippen molar-refractivity contribution in [3.05, 3.63) is 0 Å². The Morgan fingerprint density at radius 1 is 1.46 bits per heavy atom. The van der Waals surface area contributed by atoms with Crippen molar-refractivity contribution in [2.24, 2.45) is 5.73 Å². The maximum absolute atomic E-state index is 13.1. The standard InChI is InChI=1S/C11H16FN3O7S.Na/c12-8(9(16)17)22-15-6-1-2-7(14(5-6)11(15)19)23(20)4-3-21-10(13)18;/h6-8H,1-5H2,(H2,13,18)(H,16,17);/q;+1/p-1/t6-,7-,8+,23-;/m1./s1. The first-order valence-electron chi connectivity index (χ1n) is 6.72. The first kappa shape index (κ1) is 21.1. The van der Waals surface area contributed by atoms with Gasteiger partial charge in [-0.05, 0) is 12.8 Å². The average molecular weight is 375 g/mol. The molecule has 0 aliphatic carbocycles. The van der Waals surface area contributed by atoms with Crippen LogP contribution in [0.5, 0.6) is 0 Å². The molecule has 3 amide bonds. The molecular formula is C11H15FN3NaO7S. The predicted molar refractivity (Wildman–Crippen MR) is 70.3 cm³/mol. The van der Waals surface area contributed by atoms with Crippen molar-refractivity contribution in [2.45, 2.75) is 30.6 Å². The Bertz CT molecular complexity index is 540. The number of urea groups is 1. The second-order valence-corrected chi connectivity index (χ2v) is 6.65. The van der Waals surface area contributed by atoms with Crippen molar-refractivity contribution in [3.8, 4) is 0 Å². The molecule has 2 heterocycles. The number of rotatable bonds is 7. The number of halogens is 1. The molecule has 4 atom stereocenters. The van der Waals surface area contributed by atoms with Crippen LogP contribution in [0.15, 0.2) is 0 Å². The van der Waals surface area contributed by atoms with Gasteiger partial charge in [-0.3, -0.25) is 4.21 Å². The van der Waals surface area contributed by atoms with Crippen LogP contribution in [0.25, 0.3) is 0 Å². The SMILES string of the molecule is NC(=O)OCC[S@@](=O)[C@@H]1CC[C@@H]2CN1C(=O)N2O[C@H](F)C(=O)[O-].[Na+]. The first-order valence-corrected chi connectivity index (χ1v) is 8.10. The third-order valence-corrected chi connectivity index (χ3v) is 5.16. The van der Waals surface area contributed by atoms with Crippen molar-refractivity contribution in [3.63, 3.8) is 0 Å². The van der Waals surface area contributed by atoms with Gasteiger partial charge in [-0.2, -0.15) is 5.06 Å². The molecule has 2 N–H and O–H groups in total. The summed E-state index contributed by atoms with van der Waals surface area (Å²) in [7, 11) is -1.52. The molecule has 2 aliphatic heterocycles. The summed E-state index contributed by atoms with van der Waals surface area (Å²) >= 11 is 0. The number of carbonyl (C=O) groups excluding carboxylic acids is 3. The third kappa shape index (κ3) is 4.79. The van der Waals surface area contributed by atoms with Crippen LogP contribution < -0.4 is 40.4 Å². The fourth-order valence-electron chi connectivity index (χ4n) is 2.51. The Kier molecular flexibility index (Phi) is 7.86. The fourth-order valence-corrected chi connectivity index (χ4v) is 3.89. The number of carboxylic acid groups (broad SMARTS) is 1. The number of hydrogen-bond acceptors (Lipinski definition) is 7. The van der Waals surface area contributed by atoms with Crippen LogP contribution >= 0.6 is 0 Å². The van der Waals surface area contributed by atoms with Crippen LogP contribution in [-0.4, -0.2) is 68.9 Å². The number of alkyl halides is 1. The number of carboxylic acids is 1. The van der Waals surface area contributed by atoms with Gasteiger partial charge in [-0.25, -0.2) is 18.8 Å². The Labute approximate surface area is 161 Å². The number of hydrogen-bond donors (Lipinski definition) is 1. The maximum Gasteiger partial charge on any atom is 1.00 e. The van der Waals surface area contributed by atoms with Crippen LogP contribution in [0, 0.1) is 0 Å². The van der Waals surface area contributed by atoms with Gasteiger partial charge in [0.2, 0.25) is 0 Å². The van der Waals surface area contributed by atoms with E-state index in [1.807, 2.05) is 0 Å². The van der Waals surface area contributed by atoms with E-state index in [1.54, 1.807) is 0 Å². The Balaban J connectivity index is 0.00000288. The molecule has 0 saturated carbocycles. The molecule has 0 unspecified atom stereocenters. The average Bonchev–Trinajstić information content (AvgIpc) is 2.71. The van der Waals surface area contributed by atoms with E-state index in [2.05, 4.69) is 9.57 Å². The molecule has 2 saturated heterocycles. The zero-order chi connectivity index (χ0) is 17.1. The van der Waals surface area contributed by atoms with E-state index in [1.165, 1.54) is 4.90 Å². The van der Waals surface area contributed by atoms with Crippen LogP contribution in [0.4, 0.5) is 14.0 Å². The number of nitrogens with zero attached hydrogens (tertiary/aromatic N) is 2. The van der Waals surface area contributed by atoms with Gasteiger partial charge in [0.25, 0.3) is 6.36 Å². The van der Waals surface area contributed by atoms with Gasteiger partial charge in [0.05, 0.1) is 11.8 Å². The Morgan fingerprint density at radius 2 is 2.12 bits per heavy atom. The molecule has 2 aliphatic rings. The van der Waals surface area contributed by atoms with E-state index in [-0.39, 0.29) is 48.5 Å². The number of fused-ring (bicyclic) bond motifs is 2. The second-order valence-electron chi connectivity index (χ2n) is 4.94. The van der Waals surface area contributed by atoms with E-state index in [4.69, 9.17) is 5.73 Å². The molecule has 0 aromatic rings. The van der Waals surface area contributed by atoms with E-state index in [0.717, 1.165) is 0 Å². The Hall–Kier alpha value is -0.950. The van der Waals surface area contributed by atoms with Crippen LogP contribution in [0.3, 0.4) is 0 Å². The van der Waals surface area contributed by atoms with Gasteiger partial charge in [-0.1, -0.05) is 0 Å². The quantitative estimate of drug-likeness (QED) is 0.439. The van der Waals surface area contributed by atoms with Gasteiger partial charge >= 0.3 is 41.7 Å². The molecule has 0 aromatic carbocycles. The van der Waals surface area contributed by atoms with Crippen molar-refractivity contribution in [1.82, 2.24) is 9.96 Å². The number of piperidine rings is 1. The van der Waals surface area contributed by atoms with Crippen LogP contribution in [-0.2, 0) is 25.2 Å². The number of carbonyl (C=O) groups is 3. The minimum atomic E-state index is -2.76.